The van der Waals surface area contributed by atoms with Crippen LogP contribution in [-0.2, 0) is 9.53 Å². The molecule has 0 saturated heterocycles. The number of ether oxygens (including phenoxy) is 1. The van der Waals surface area contributed by atoms with Crippen LogP contribution in [0.5, 0.6) is 0 Å². The van der Waals surface area contributed by atoms with E-state index in [2.05, 4.69) is 4.74 Å². The summed E-state index contributed by atoms with van der Waals surface area (Å²) in [7, 11) is 1.15. The summed E-state index contributed by atoms with van der Waals surface area (Å²) in [6.07, 6.45) is 1.17. The van der Waals surface area contributed by atoms with Gasteiger partial charge in [0.2, 0.25) is 6.17 Å². The van der Waals surface area contributed by atoms with Crippen molar-refractivity contribution in [3.63, 3.8) is 0 Å². The van der Waals surface area contributed by atoms with E-state index in [1.54, 1.807) is 0 Å². The summed E-state index contributed by atoms with van der Waals surface area (Å²) in [5.41, 5.74) is -1.02. The number of carbonyl (C=O) groups is 1. The van der Waals surface area contributed by atoms with Gasteiger partial charge in [-0.25, -0.2) is 4.79 Å². The van der Waals surface area contributed by atoms with Gasteiger partial charge in [0, 0.05) is 24.5 Å². The molecule has 0 amide bonds. The van der Waals surface area contributed by atoms with Gasteiger partial charge < -0.3 is 4.74 Å². The van der Waals surface area contributed by atoms with Crippen molar-refractivity contribution in [3.05, 3.63) is 67.4 Å². The van der Waals surface area contributed by atoms with Crippen molar-refractivity contribution in [2.75, 3.05) is 7.11 Å². The van der Waals surface area contributed by atoms with Gasteiger partial charge in [-0.3, -0.25) is 18.7 Å². The zero-order valence-electron chi connectivity index (χ0n) is 10.8. The average Bonchev–Trinajstić information content (AvgIpc) is 2.46. The first kappa shape index (κ1) is 15.3. The molecule has 0 unspecified atom stereocenters. The predicted molar refractivity (Wildman–Crippen MR) is 77.9 cm³/mol. The van der Waals surface area contributed by atoms with Crippen molar-refractivity contribution < 1.29 is 9.53 Å². The third-order valence-electron chi connectivity index (χ3n) is 2.74. The topological polar surface area (TPSA) is 70.3 Å². The minimum absolute atomic E-state index is 0.235. The number of pyridine rings is 2. The summed E-state index contributed by atoms with van der Waals surface area (Å²) in [4.78, 5) is 35.9. The van der Waals surface area contributed by atoms with E-state index < -0.39 is 23.3 Å². The Morgan fingerprint density at radius 1 is 1.00 bits per heavy atom. The van der Waals surface area contributed by atoms with E-state index in [0.717, 1.165) is 16.2 Å². The van der Waals surface area contributed by atoms with Gasteiger partial charge in [-0.05, 0) is 12.1 Å². The zero-order valence-corrected chi connectivity index (χ0v) is 12.3. The molecule has 0 aliphatic carbocycles. The minimum Gasteiger partial charge on any atom is -0.466 e. The largest absolute Gasteiger partial charge is 0.466 e. The summed E-state index contributed by atoms with van der Waals surface area (Å²) in [5, 5.41) is 0.470. The quantitative estimate of drug-likeness (QED) is 0.801. The van der Waals surface area contributed by atoms with Crippen LogP contribution in [0, 0.1) is 0 Å². The van der Waals surface area contributed by atoms with Crippen LogP contribution in [0.2, 0.25) is 10.0 Å². The van der Waals surface area contributed by atoms with Crippen LogP contribution < -0.4 is 11.1 Å². The maximum absolute atomic E-state index is 12.0. The van der Waals surface area contributed by atoms with E-state index in [1.807, 2.05) is 0 Å². The number of nitrogens with zero attached hydrogens (tertiary/aromatic N) is 2. The third kappa shape index (κ3) is 3.17. The molecule has 2 aromatic heterocycles. The lowest BCUT2D eigenvalue weighted by Gasteiger charge is -2.20. The second-order valence-electron chi connectivity index (χ2n) is 4.08. The van der Waals surface area contributed by atoms with Crippen LogP contribution in [0.3, 0.4) is 0 Å². The van der Waals surface area contributed by atoms with Crippen LogP contribution in [0.15, 0.2) is 46.2 Å². The highest BCUT2D eigenvalue weighted by Gasteiger charge is 2.25. The number of aromatic nitrogens is 2. The molecule has 2 heterocycles. The molecule has 2 rings (SSSR count). The first-order chi connectivity index (χ1) is 9.93. The number of methoxy groups -OCH3 is 1. The maximum atomic E-state index is 12.0. The summed E-state index contributed by atoms with van der Waals surface area (Å²) < 4.78 is 6.68. The first-order valence-electron chi connectivity index (χ1n) is 5.77. The second kappa shape index (κ2) is 6.15. The number of carbonyl (C=O) groups excluding carboxylic acids is 1. The van der Waals surface area contributed by atoms with E-state index in [-0.39, 0.29) is 10.0 Å². The molecule has 0 bridgehead atoms. The highest BCUT2D eigenvalue weighted by molar-refractivity contribution is 6.30. The van der Waals surface area contributed by atoms with Gasteiger partial charge >= 0.3 is 5.97 Å². The van der Waals surface area contributed by atoms with Gasteiger partial charge in [-0.2, -0.15) is 0 Å². The Morgan fingerprint density at radius 3 is 1.81 bits per heavy atom. The molecule has 0 atom stereocenters. The number of esters is 1. The second-order valence-corrected chi connectivity index (χ2v) is 4.96. The molecule has 110 valence electrons. The standard InChI is InChI=1S/C13H10Cl2N2O4/c1-21-13(20)12(16-6-8(14)2-4-10(16)18)17-7-9(15)3-5-11(17)19/h2-7,12H,1H3. The lowest BCUT2D eigenvalue weighted by atomic mass is 10.3. The molecule has 0 saturated carbocycles. The number of hydrogen-bond donors (Lipinski definition) is 0. The fourth-order valence-corrected chi connectivity index (χ4v) is 2.14. The van der Waals surface area contributed by atoms with E-state index in [9.17, 15) is 14.4 Å². The van der Waals surface area contributed by atoms with Crippen LogP contribution in [-0.4, -0.2) is 22.2 Å². The van der Waals surface area contributed by atoms with Gasteiger partial charge in [0.15, 0.2) is 0 Å². The smallest absolute Gasteiger partial charge is 0.350 e. The Kier molecular flexibility index (Phi) is 4.50. The van der Waals surface area contributed by atoms with Gasteiger partial charge in [-0.15, -0.1) is 0 Å². The van der Waals surface area contributed by atoms with Gasteiger partial charge in [0.1, 0.15) is 0 Å². The minimum atomic E-state index is -1.33. The van der Waals surface area contributed by atoms with Crippen molar-refractivity contribution in [2.24, 2.45) is 0 Å². The molecular formula is C13H10Cl2N2O4. The molecule has 0 spiro atoms. The van der Waals surface area contributed by atoms with Gasteiger partial charge in [0.05, 0.1) is 17.2 Å². The Morgan fingerprint density at radius 2 is 1.43 bits per heavy atom. The highest BCUT2D eigenvalue weighted by atomic mass is 35.5. The van der Waals surface area contributed by atoms with Crippen molar-refractivity contribution in [1.82, 2.24) is 9.13 Å². The Bertz CT molecular complexity index is 738. The average molecular weight is 329 g/mol. The molecule has 21 heavy (non-hydrogen) atoms. The predicted octanol–water partition coefficient (Wildman–Crippen LogP) is 1.54. The monoisotopic (exact) mass is 328 g/mol. The van der Waals surface area contributed by atoms with Crippen molar-refractivity contribution >= 4 is 29.2 Å². The number of halogens is 2. The Labute approximate surface area is 129 Å². The first-order valence-corrected chi connectivity index (χ1v) is 6.53. The SMILES string of the molecule is COC(=O)C(n1cc(Cl)ccc1=O)n1cc(Cl)ccc1=O. The highest BCUT2D eigenvalue weighted by Crippen LogP contribution is 2.14. The van der Waals surface area contributed by atoms with Crippen molar-refractivity contribution in [2.45, 2.75) is 6.17 Å². The van der Waals surface area contributed by atoms with Crippen LogP contribution in [0.4, 0.5) is 0 Å². The molecule has 0 aromatic carbocycles. The van der Waals surface area contributed by atoms with Crippen LogP contribution >= 0.6 is 23.2 Å². The van der Waals surface area contributed by atoms with Crippen LogP contribution in [0.25, 0.3) is 0 Å². The summed E-state index contributed by atoms with van der Waals surface area (Å²) in [6, 6.07) is 5.15. The molecule has 2 aromatic rings. The molecule has 0 N–H and O–H groups in total. The zero-order chi connectivity index (χ0) is 15.6. The van der Waals surface area contributed by atoms with Crippen LogP contribution in [0.1, 0.15) is 6.17 Å². The van der Waals surface area contributed by atoms with Gasteiger partial charge in [0.25, 0.3) is 11.1 Å². The molecule has 0 aliphatic rings. The summed E-state index contributed by atoms with van der Waals surface area (Å²) >= 11 is 11.7. The lowest BCUT2D eigenvalue weighted by Crippen LogP contribution is -2.39. The Hall–Kier alpha value is -2.05. The molecule has 0 aliphatic heterocycles. The molecular weight excluding hydrogens is 319 g/mol. The normalized spacial score (nSPS) is 10.7. The summed E-state index contributed by atoms with van der Waals surface area (Å²) in [5.74, 6) is -0.802. The number of hydrogen-bond acceptors (Lipinski definition) is 4. The number of rotatable bonds is 3. The van der Waals surface area contributed by atoms with E-state index >= 15 is 0 Å². The summed E-state index contributed by atoms with van der Waals surface area (Å²) in [6.45, 7) is 0. The fraction of sp³-hybridized carbons (Fsp3) is 0.154. The molecule has 0 fully saturated rings. The van der Waals surface area contributed by atoms with E-state index in [4.69, 9.17) is 23.2 Å². The molecule has 8 heteroatoms. The van der Waals surface area contributed by atoms with Gasteiger partial charge in [-0.1, -0.05) is 23.2 Å². The Balaban J connectivity index is 2.72. The lowest BCUT2D eigenvalue weighted by molar-refractivity contribution is -0.145. The van der Waals surface area contributed by atoms with Crippen molar-refractivity contribution in [3.8, 4) is 0 Å². The maximum Gasteiger partial charge on any atom is 0.350 e. The third-order valence-corrected chi connectivity index (χ3v) is 3.19. The fourth-order valence-electron chi connectivity index (χ4n) is 1.80. The van der Waals surface area contributed by atoms with E-state index in [1.165, 1.54) is 36.7 Å². The molecule has 0 radical (unpaired) electrons. The van der Waals surface area contributed by atoms with E-state index in [0.29, 0.717) is 0 Å². The molecule has 6 nitrogen and oxygen atoms in total. The van der Waals surface area contributed by atoms with Crippen molar-refractivity contribution in [1.29, 1.82) is 0 Å².